The van der Waals surface area contributed by atoms with E-state index in [1.54, 1.807) is 48.5 Å². The molecule has 0 atom stereocenters. The van der Waals surface area contributed by atoms with Crippen molar-refractivity contribution in [3.63, 3.8) is 0 Å². The molecule has 0 heterocycles. The first-order chi connectivity index (χ1) is 17.1. The third kappa shape index (κ3) is 6.57. The van der Waals surface area contributed by atoms with Crippen molar-refractivity contribution in [2.45, 2.75) is 31.6 Å². The monoisotopic (exact) mass is 507 g/mol. The first-order valence-corrected chi connectivity index (χ1v) is 12.8. The van der Waals surface area contributed by atoms with Crippen molar-refractivity contribution >= 4 is 33.8 Å². The summed E-state index contributed by atoms with van der Waals surface area (Å²) in [6.07, 6.45) is 1.40. The van der Waals surface area contributed by atoms with Gasteiger partial charge in [-0.2, -0.15) is 5.10 Å². The van der Waals surface area contributed by atoms with Crippen LogP contribution in [0.1, 0.15) is 46.8 Å². The lowest BCUT2D eigenvalue weighted by Gasteiger charge is -2.24. The molecule has 0 radical (unpaired) electrons. The van der Waals surface area contributed by atoms with Gasteiger partial charge in [0.05, 0.1) is 29.5 Å². The first-order valence-electron chi connectivity index (χ1n) is 11.3. The number of methoxy groups -OCH3 is 1. The molecule has 9 heteroatoms. The van der Waals surface area contributed by atoms with Gasteiger partial charge in [0.1, 0.15) is 6.54 Å². The van der Waals surface area contributed by atoms with Crippen LogP contribution in [0.3, 0.4) is 0 Å². The van der Waals surface area contributed by atoms with Crippen LogP contribution in [0.15, 0.2) is 82.8 Å². The molecule has 36 heavy (non-hydrogen) atoms. The van der Waals surface area contributed by atoms with E-state index in [1.807, 2.05) is 32.9 Å². The molecule has 3 rings (SSSR count). The molecule has 1 N–H and O–H groups in total. The lowest BCUT2D eigenvalue weighted by atomic mass is 10.0. The van der Waals surface area contributed by atoms with E-state index < -0.39 is 28.4 Å². The Bertz CT molecular complexity index is 1330. The van der Waals surface area contributed by atoms with E-state index in [2.05, 4.69) is 15.3 Å². The van der Waals surface area contributed by atoms with E-state index in [0.29, 0.717) is 16.8 Å². The normalized spacial score (nSPS) is 11.5. The van der Waals surface area contributed by atoms with Crippen LogP contribution in [0, 0.1) is 6.92 Å². The Labute approximate surface area is 211 Å². The molecule has 0 spiro atoms. The summed E-state index contributed by atoms with van der Waals surface area (Å²) in [6.45, 7) is 5.50. The van der Waals surface area contributed by atoms with Crippen molar-refractivity contribution in [1.29, 1.82) is 0 Å². The summed E-state index contributed by atoms with van der Waals surface area (Å²) in [4.78, 5) is 24.3. The minimum Gasteiger partial charge on any atom is -0.465 e. The molecule has 3 aromatic rings. The highest BCUT2D eigenvalue weighted by Gasteiger charge is 2.27. The maximum Gasteiger partial charge on any atom is 0.337 e. The van der Waals surface area contributed by atoms with Crippen LogP contribution in [0.4, 0.5) is 5.69 Å². The predicted molar refractivity (Wildman–Crippen MR) is 140 cm³/mol. The SMILES string of the molecule is COC(=O)c1ccc(/C=N\NC(=O)CN(c2ccc(C(C)C)cc2)S(=O)(=O)c2ccc(C)cc2)cc1. The molecule has 0 bridgehead atoms. The Hall–Kier alpha value is -3.98. The van der Waals surface area contributed by atoms with Gasteiger partial charge in [0.25, 0.3) is 15.9 Å². The standard InChI is InChI=1S/C27H29N3O5S/c1-19(2)22-11-13-24(14-12-22)30(36(33,34)25-15-5-20(3)6-16-25)18-26(31)29-28-17-21-7-9-23(10-8-21)27(32)35-4/h5-17,19H,18H2,1-4H3,(H,29,31)/b28-17-. The summed E-state index contributed by atoms with van der Waals surface area (Å²) in [5, 5.41) is 3.92. The molecule has 0 aliphatic rings. The smallest absolute Gasteiger partial charge is 0.337 e. The molecule has 0 unspecified atom stereocenters. The molecule has 0 aromatic heterocycles. The fourth-order valence-corrected chi connectivity index (χ4v) is 4.77. The number of carbonyl (C=O) groups is 2. The second kappa shape index (κ2) is 11.6. The largest absolute Gasteiger partial charge is 0.465 e. The van der Waals surface area contributed by atoms with Gasteiger partial charge in [0.15, 0.2) is 0 Å². The van der Waals surface area contributed by atoms with Crippen molar-refractivity contribution in [3.8, 4) is 0 Å². The fourth-order valence-electron chi connectivity index (χ4n) is 3.35. The number of anilines is 1. The van der Waals surface area contributed by atoms with Crippen LogP contribution in [-0.4, -0.2) is 40.2 Å². The van der Waals surface area contributed by atoms with Gasteiger partial charge in [0, 0.05) is 0 Å². The number of carbonyl (C=O) groups excluding carboxylic acids is 2. The number of hydrogen-bond donors (Lipinski definition) is 1. The number of benzene rings is 3. The number of hydrogen-bond acceptors (Lipinski definition) is 6. The molecule has 1 amide bonds. The number of amides is 1. The number of nitrogens with zero attached hydrogens (tertiary/aromatic N) is 2. The third-order valence-corrected chi connectivity index (χ3v) is 7.27. The van der Waals surface area contributed by atoms with Crippen molar-refractivity contribution in [2.75, 3.05) is 18.0 Å². The van der Waals surface area contributed by atoms with E-state index in [4.69, 9.17) is 0 Å². The van der Waals surface area contributed by atoms with Crippen molar-refractivity contribution in [2.24, 2.45) is 5.10 Å². The van der Waals surface area contributed by atoms with Gasteiger partial charge in [-0.15, -0.1) is 0 Å². The van der Waals surface area contributed by atoms with E-state index in [0.717, 1.165) is 15.4 Å². The van der Waals surface area contributed by atoms with E-state index in [1.165, 1.54) is 25.5 Å². The Morgan fingerprint density at radius 1 is 0.972 bits per heavy atom. The predicted octanol–water partition coefficient (Wildman–Crippen LogP) is 4.25. The fraction of sp³-hybridized carbons (Fsp3) is 0.222. The number of nitrogens with one attached hydrogen (secondary N) is 1. The van der Waals surface area contributed by atoms with Gasteiger partial charge >= 0.3 is 5.97 Å². The second-order valence-electron chi connectivity index (χ2n) is 8.48. The maximum absolute atomic E-state index is 13.5. The highest BCUT2D eigenvalue weighted by Crippen LogP contribution is 2.26. The number of hydrazone groups is 1. The van der Waals surface area contributed by atoms with Gasteiger partial charge in [-0.3, -0.25) is 9.10 Å². The average molecular weight is 508 g/mol. The van der Waals surface area contributed by atoms with Gasteiger partial charge in [0.2, 0.25) is 0 Å². The summed E-state index contributed by atoms with van der Waals surface area (Å²) in [7, 11) is -2.72. The Morgan fingerprint density at radius 3 is 2.14 bits per heavy atom. The summed E-state index contributed by atoms with van der Waals surface area (Å²) in [6, 6.07) is 20.0. The van der Waals surface area contributed by atoms with Crippen LogP contribution < -0.4 is 9.73 Å². The minimum absolute atomic E-state index is 0.0861. The van der Waals surface area contributed by atoms with Crippen LogP contribution >= 0.6 is 0 Å². The van der Waals surface area contributed by atoms with E-state index in [9.17, 15) is 18.0 Å². The second-order valence-corrected chi connectivity index (χ2v) is 10.3. The lowest BCUT2D eigenvalue weighted by Crippen LogP contribution is -2.39. The molecule has 3 aromatic carbocycles. The highest BCUT2D eigenvalue weighted by molar-refractivity contribution is 7.92. The Kier molecular flexibility index (Phi) is 8.60. The number of rotatable bonds is 9. The Balaban J connectivity index is 1.80. The summed E-state index contributed by atoms with van der Waals surface area (Å²) in [5.41, 5.74) is 5.75. The zero-order valence-corrected chi connectivity index (χ0v) is 21.5. The van der Waals surface area contributed by atoms with Gasteiger partial charge in [-0.1, -0.05) is 55.8 Å². The zero-order chi connectivity index (χ0) is 26.3. The molecule has 0 aliphatic carbocycles. The van der Waals surface area contributed by atoms with Crippen LogP contribution in [-0.2, 0) is 19.6 Å². The van der Waals surface area contributed by atoms with E-state index >= 15 is 0 Å². The number of esters is 1. The van der Waals surface area contributed by atoms with Gasteiger partial charge in [-0.05, 0) is 60.4 Å². The van der Waals surface area contributed by atoms with Crippen molar-refractivity contribution in [1.82, 2.24) is 5.43 Å². The zero-order valence-electron chi connectivity index (χ0n) is 20.6. The summed E-state index contributed by atoms with van der Waals surface area (Å²) < 4.78 is 32.7. The van der Waals surface area contributed by atoms with Gasteiger partial charge < -0.3 is 4.74 Å². The minimum atomic E-state index is -4.01. The molecular weight excluding hydrogens is 478 g/mol. The summed E-state index contributed by atoms with van der Waals surface area (Å²) >= 11 is 0. The summed E-state index contributed by atoms with van der Waals surface area (Å²) in [5.74, 6) is -0.787. The Morgan fingerprint density at radius 2 is 1.58 bits per heavy atom. The highest BCUT2D eigenvalue weighted by atomic mass is 32.2. The lowest BCUT2D eigenvalue weighted by molar-refractivity contribution is -0.119. The molecule has 0 aliphatic heterocycles. The number of aryl methyl sites for hydroxylation is 1. The molecular formula is C27H29N3O5S. The third-order valence-electron chi connectivity index (χ3n) is 5.48. The van der Waals surface area contributed by atoms with Crippen molar-refractivity contribution in [3.05, 3.63) is 95.1 Å². The first kappa shape index (κ1) is 26.6. The number of sulfonamides is 1. The van der Waals surface area contributed by atoms with Crippen LogP contribution in [0.2, 0.25) is 0 Å². The molecule has 0 fully saturated rings. The maximum atomic E-state index is 13.5. The van der Waals surface area contributed by atoms with Crippen LogP contribution in [0.25, 0.3) is 0 Å². The molecule has 188 valence electrons. The average Bonchev–Trinajstić information content (AvgIpc) is 2.87. The molecule has 0 saturated heterocycles. The quantitative estimate of drug-likeness (QED) is 0.265. The molecule has 8 nitrogen and oxygen atoms in total. The van der Waals surface area contributed by atoms with Crippen LogP contribution in [0.5, 0.6) is 0 Å². The number of ether oxygens (including phenoxy) is 1. The topological polar surface area (TPSA) is 105 Å². The van der Waals surface area contributed by atoms with E-state index in [-0.39, 0.29) is 10.8 Å². The van der Waals surface area contributed by atoms with Crippen molar-refractivity contribution < 1.29 is 22.7 Å². The van der Waals surface area contributed by atoms with Gasteiger partial charge in [-0.25, -0.2) is 18.6 Å². The molecule has 0 saturated carbocycles.